The lowest BCUT2D eigenvalue weighted by Gasteiger charge is -2.24. The minimum Gasteiger partial charge on any atom is -0.383 e. The monoisotopic (exact) mass is 304 g/mol. The van der Waals surface area contributed by atoms with Gasteiger partial charge in [-0.25, -0.2) is 13.4 Å². The maximum Gasteiger partial charge on any atom is 0.247 e. The molecule has 1 aliphatic rings. The molecule has 2 N–H and O–H groups in total. The standard InChI is InChI=1S/C14H16N4O2S/c15-14-13(4-1-7-17-14)21(19,20)18-10-2-3-12(18)11-5-8-16-9-6-11/h1,4-9,12H,2-3,10H2,(H2,15,17). The third kappa shape index (κ3) is 2.50. The first kappa shape index (κ1) is 14.0. The van der Waals surface area contributed by atoms with Gasteiger partial charge in [-0.2, -0.15) is 4.31 Å². The van der Waals surface area contributed by atoms with Crippen molar-refractivity contribution in [2.75, 3.05) is 12.3 Å². The SMILES string of the molecule is Nc1ncccc1S(=O)(=O)N1CCCC1c1ccncc1. The van der Waals surface area contributed by atoms with Gasteiger partial charge < -0.3 is 5.73 Å². The number of hydrogen-bond donors (Lipinski definition) is 1. The van der Waals surface area contributed by atoms with E-state index in [0.717, 1.165) is 18.4 Å². The summed E-state index contributed by atoms with van der Waals surface area (Å²) < 4.78 is 27.2. The summed E-state index contributed by atoms with van der Waals surface area (Å²) >= 11 is 0. The van der Waals surface area contributed by atoms with Crippen LogP contribution in [0.1, 0.15) is 24.4 Å². The first-order valence-electron chi connectivity index (χ1n) is 6.73. The number of rotatable bonds is 3. The number of hydrogen-bond acceptors (Lipinski definition) is 5. The first-order valence-corrected chi connectivity index (χ1v) is 8.17. The summed E-state index contributed by atoms with van der Waals surface area (Å²) in [5.74, 6) is 0.0397. The number of nitrogens with zero attached hydrogens (tertiary/aromatic N) is 3. The number of nitrogens with two attached hydrogens (primary N) is 1. The summed E-state index contributed by atoms with van der Waals surface area (Å²) in [5.41, 5.74) is 6.68. The highest BCUT2D eigenvalue weighted by Gasteiger charge is 2.37. The lowest BCUT2D eigenvalue weighted by Crippen LogP contribution is -2.31. The molecule has 21 heavy (non-hydrogen) atoms. The van der Waals surface area contributed by atoms with Crippen LogP contribution in [0.3, 0.4) is 0 Å². The topological polar surface area (TPSA) is 89.2 Å². The van der Waals surface area contributed by atoms with E-state index < -0.39 is 10.0 Å². The van der Waals surface area contributed by atoms with Crippen LogP contribution in [-0.2, 0) is 10.0 Å². The predicted octanol–water partition coefficient (Wildman–Crippen LogP) is 1.58. The van der Waals surface area contributed by atoms with Crippen molar-refractivity contribution in [1.29, 1.82) is 0 Å². The van der Waals surface area contributed by atoms with Gasteiger partial charge in [-0.15, -0.1) is 0 Å². The van der Waals surface area contributed by atoms with Crippen LogP contribution in [-0.4, -0.2) is 29.2 Å². The van der Waals surface area contributed by atoms with Gasteiger partial charge in [0.25, 0.3) is 0 Å². The van der Waals surface area contributed by atoms with Crippen molar-refractivity contribution < 1.29 is 8.42 Å². The number of nitrogen functional groups attached to an aromatic ring is 1. The van der Waals surface area contributed by atoms with E-state index in [1.807, 2.05) is 12.1 Å². The minimum atomic E-state index is -3.64. The lowest BCUT2D eigenvalue weighted by molar-refractivity contribution is 0.396. The van der Waals surface area contributed by atoms with E-state index in [9.17, 15) is 8.42 Å². The van der Waals surface area contributed by atoms with E-state index in [1.165, 1.54) is 16.6 Å². The van der Waals surface area contributed by atoms with Crippen LogP contribution in [0.25, 0.3) is 0 Å². The van der Waals surface area contributed by atoms with Crippen LogP contribution in [0, 0.1) is 0 Å². The van der Waals surface area contributed by atoms with Crippen LogP contribution in [0.15, 0.2) is 47.8 Å². The molecule has 3 heterocycles. The van der Waals surface area contributed by atoms with E-state index in [0.29, 0.717) is 6.54 Å². The van der Waals surface area contributed by atoms with Gasteiger partial charge in [-0.05, 0) is 42.7 Å². The molecule has 0 aromatic carbocycles. The maximum absolute atomic E-state index is 12.8. The first-order chi connectivity index (χ1) is 10.1. The maximum atomic E-state index is 12.8. The second kappa shape index (κ2) is 5.42. The predicted molar refractivity (Wildman–Crippen MR) is 78.8 cm³/mol. The second-order valence-corrected chi connectivity index (χ2v) is 6.80. The fourth-order valence-electron chi connectivity index (χ4n) is 2.69. The van der Waals surface area contributed by atoms with Gasteiger partial charge in [0.05, 0.1) is 6.04 Å². The van der Waals surface area contributed by atoms with Crippen molar-refractivity contribution in [3.8, 4) is 0 Å². The van der Waals surface area contributed by atoms with Gasteiger partial charge >= 0.3 is 0 Å². The Kier molecular flexibility index (Phi) is 3.60. The Labute approximate surface area is 123 Å². The number of aromatic nitrogens is 2. The molecule has 2 aromatic heterocycles. The second-order valence-electron chi connectivity index (χ2n) is 4.94. The van der Waals surface area contributed by atoms with Gasteiger partial charge in [-0.3, -0.25) is 4.98 Å². The molecule has 0 radical (unpaired) electrons. The van der Waals surface area contributed by atoms with Crippen molar-refractivity contribution in [2.24, 2.45) is 0 Å². The van der Waals surface area contributed by atoms with Crippen LogP contribution < -0.4 is 5.73 Å². The molecule has 1 aliphatic heterocycles. The quantitative estimate of drug-likeness (QED) is 0.930. The highest BCUT2D eigenvalue weighted by atomic mass is 32.2. The lowest BCUT2D eigenvalue weighted by atomic mass is 10.1. The van der Waals surface area contributed by atoms with Crippen molar-refractivity contribution in [3.05, 3.63) is 48.4 Å². The average Bonchev–Trinajstić information content (AvgIpc) is 2.99. The van der Waals surface area contributed by atoms with E-state index >= 15 is 0 Å². The normalized spacial score (nSPS) is 19.7. The highest BCUT2D eigenvalue weighted by Crippen LogP contribution is 2.36. The van der Waals surface area contributed by atoms with E-state index in [-0.39, 0.29) is 16.8 Å². The van der Waals surface area contributed by atoms with Crippen LogP contribution in [0.4, 0.5) is 5.82 Å². The average molecular weight is 304 g/mol. The van der Waals surface area contributed by atoms with E-state index in [4.69, 9.17) is 5.73 Å². The molecular formula is C14H16N4O2S. The fraction of sp³-hybridized carbons (Fsp3) is 0.286. The summed E-state index contributed by atoms with van der Waals surface area (Å²) in [6.45, 7) is 0.490. The molecule has 3 rings (SSSR count). The molecule has 1 saturated heterocycles. The van der Waals surface area contributed by atoms with Crippen LogP contribution in [0.2, 0.25) is 0 Å². The van der Waals surface area contributed by atoms with E-state index in [1.54, 1.807) is 18.5 Å². The molecule has 7 heteroatoms. The molecule has 110 valence electrons. The Bertz CT molecular complexity index is 734. The number of pyridine rings is 2. The van der Waals surface area contributed by atoms with Crippen molar-refractivity contribution in [1.82, 2.24) is 14.3 Å². The summed E-state index contributed by atoms with van der Waals surface area (Å²) in [5, 5.41) is 0. The third-order valence-electron chi connectivity index (χ3n) is 3.68. The van der Waals surface area contributed by atoms with E-state index in [2.05, 4.69) is 9.97 Å². The Morgan fingerprint density at radius 2 is 1.95 bits per heavy atom. The summed E-state index contributed by atoms with van der Waals surface area (Å²) in [6.07, 6.45) is 6.46. The van der Waals surface area contributed by atoms with Gasteiger partial charge in [0.15, 0.2) is 0 Å². The highest BCUT2D eigenvalue weighted by molar-refractivity contribution is 7.89. The Morgan fingerprint density at radius 3 is 2.67 bits per heavy atom. The summed E-state index contributed by atoms with van der Waals surface area (Å²) in [6, 6.07) is 6.62. The van der Waals surface area contributed by atoms with Crippen LogP contribution in [0.5, 0.6) is 0 Å². The Balaban J connectivity index is 2.01. The fourth-order valence-corrected chi connectivity index (χ4v) is 4.45. The summed E-state index contributed by atoms with van der Waals surface area (Å²) in [7, 11) is -3.64. The molecule has 2 aromatic rings. The molecule has 0 bridgehead atoms. The molecule has 0 spiro atoms. The molecule has 1 atom stereocenters. The Hall–Kier alpha value is -1.99. The summed E-state index contributed by atoms with van der Waals surface area (Å²) in [4.78, 5) is 7.93. The number of anilines is 1. The molecular weight excluding hydrogens is 288 g/mol. The molecule has 6 nitrogen and oxygen atoms in total. The molecule has 0 saturated carbocycles. The van der Waals surface area contributed by atoms with Gasteiger partial charge in [0.2, 0.25) is 10.0 Å². The van der Waals surface area contributed by atoms with Crippen LogP contribution >= 0.6 is 0 Å². The van der Waals surface area contributed by atoms with Gasteiger partial charge in [-0.1, -0.05) is 0 Å². The third-order valence-corrected chi connectivity index (χ3v) is 5.64. The zero-order chi connectivity index (χ0) is 14.9. The van der Waals surface area contributed by atoms with Crippen molar-refractivity contribution >= 4 is 15.8 Å². The minimum absolute atomic E-state index is 0.0397. The van der Waals surface area contributed by atoms with Crippen molar-refractivity contribution in [3.63, 3.8) is 0 Å². The number of sulfonamides is 1. The molecule has 1 fully saturated rings. The zero-order valence-electron chi connectivity index (χ0n) is 11.4. The molecule has 0 amide bonds. The Morgan fingerprint density at radius 1 is 1.19 bits per heavy atom. The molecule has 0 aliphatic carbocycles. The van der Waals surface area contributed by atoms with Gasteiger partial charge in [0, 0.05) is 25.1 Å². The molecule has 1 unspecified atom stereocenters. The van der Waals surface area contributed by atoms with Crippen molar-refractivity contribution in [2.45, 2.75) is 23.8 Å². The zero-order valence-corrected chi connectivity index (χ0v) is 12.2. The largest absolute Gasteiger partial charge is 0.383 e. The van der Waals surface area contributed by atoms with Gasteiger partial charge in [0.1, 0.15) is 10.7 Å². The smallest absolute Gasteiger partial charge is 0.247 e.